The van der Waals surface area contributed by atoms with Gasteiger partial charge in [0.25, 0.3) is 0 Å². The molecule has 0 fully saturated rings. The standard InChI is InChI=1S/C25H18F6N2O2/c1-2-34-18-12-32-24(33-13-18)17-7-8-19-16(11-17)6-5-15(22(19)28)4-3-14-9-20(26)23(21(27)10-14)35-25(29,30)31/h5-13H,2-4H2,1H3. The van der Waals surface area contributed by atoms with Crippen LogP contribution in [-0.2, 0) is 12.8 Å². The lowest BCUT2D eigenvalue weighted by molar-refractivity contribution is -0.276. The number of hydrogen-bond donors (Lipinski definition) is 0. The third kappa shape index (κ3) is 5.64. The van der Waals surface area contributed by atoms with Crippen molar-refractivity contribution in [2.75, 3.05) is 6.61 Å². The first-order valence-corrected chi connectivity index (χ1v) is 10.5. The van der Waals surface area contributed by atoms with E-state index in [1.165, 1.54) is 0 Å². The predicted octanol–water partition coefficient (Wildman–Crippen LogP) is 6.80. The van der Waals surface area contributed by atoms with Crippen LogP contribution in [0, 0.1) is 17.5 Å². The molecule has 0 bridgehead atoms. The SMILES string of the molecule is CCOc1cnc(-c2ccc3c(F)c(CCc4cc(F)c(OC(F)(F)F)c(F)c4)ccc3c2)nc1. The van der Waals surface area contributed by atoms with E-state index in [9.17, 15) is 22.0 Å². The van der Waals surface area contributed by atoms with Crippen LogP contribution < -0.4 is 9.47 Å². The van der Waals surface area contributed by atoms with Crippen molar-refractivity contribution in [2.45, 2.75) is 26.1 Å². The first-order chi connectivity index (χ1) is 16.6. The summed E-state index contributed by atoms with van der Waals surface area (Å²) in [6.45, 7) is 2.34. The molecule has 35 heavy (non-hydrogen) atoms. The summed E-state index contributed by atoms with van der Waals surface area (Å²) in [4.78, 5) is 8.51. The second kappa shape index (κ2) is 9.81. The van der Waals surface area contributed by atoms with Gasteiger partial charge >= 0.3 is 6.36 Å². The Kier molecular flexibility index (Phi) is 6.81. The van der Waals surface area contributed by atoms with Gasteiger partial charge in [-0.05, 0) is 54.5 Å². The molecule has 0 aliphatic rings. The van der Waals surface area contributed by atoms with E-state index in [0.717, 1.165) is 12.1 Å². The van der Waals surface area contributed by atoms with Crippen LogP contribution in [0.15, 0.2) is 54.9 Å². The van der Waals surface area contributed by atoms with E-state index in [-0.39, 0.29) is 18.4 Å². The Labute approximate surface area is 196 Å². The van der Waals surface area contributed by atoms with Crippen LogP contribution in [-0.4, -0.2) is 22.9 Å². The minimum Gasteiger partial charge on any atom is -0.491 e. The van der Waals surface area contributed by atoms with E-state index < -0.39 is 29.6 Å². The summed E-state index contributed by atoms with van der Waals surface area (Å²) in [6.07, 6.45) is -2.05. The highest BCUT2D eigenvalue weighted by Crippen LogP contribution is 2.31. The van der Waals surface area contributed by atoms with E-state index in [4.69, 9.17) is 4.74 Å². The summed E-state index contributed by atoms with van der Waals surface area (Å²) in [7, 11) is 0. The first-order valence-electron chi connectivity index (χ1n) is 10.5. The molecule has 0 N–H and O–H groups in total. The van der Waals surface area contributed by atoms with Crippen LogP contribution in [0.2, 0.25) is 0 Å². The zero-order valence-electron chi connectivity index (χ0n) is 18.3. The Balaban J connectivity index is 1.53. The minimum atomic E-state index is -5.23. The van der Waals surface area contributed by atoms with Gasteiger partial charge in [-0.15, -0.1) is 13.2 Å². The van der Waals surface area contributed by atoms with Crippen LogP contribution in [0.3, 0.4) is 0 Å². The Morgan fingerprint density at radius 1 is 0.857 bits per heavy atom. The van der Waals surface area contributed by atoms with E-state index in [0.29, 0.717) is 40.1 Å². The number of hydrogen-bond acceptors (Lipinski definition) is 4. The van der Waals surface area contributed by atoms with Crippen molar-refractivity contribution in [2.24, 2.45) is 0 Å². The van der Waals surface area contributed by atoms with Gasteiger partial charge in [0, 0.05) is 10.9 Å². The molecular formula is C25H18F6N2O2. The molecule has 0 saturated heterocycles. The predicted molar refractivity (Wildman–Crippen MR) is 117 cm³/mol. The molecule has 0 radical (unpaired) electrons. The zero-order valence-corrected chi connectivity index (χ0v) is 18.3. The average Bonchev–Trinajstić information content (AvgIpc) is 2.81. The van der Waals surface area contributed by atoms with Gasteiger partial charge in [0.05, 0.1) is 19.0 Å². The van der Waals surface area contributed by atoms with Crippen LogP contribution >= 0.6 is 0 Å². The van der Waals surface area contributed by atoms with Gasteiger partial charge in [0.1, 0.15) is 5.82 Å². The van der Waals surface area contributed by atoms with Gasteiger partial charge in [0.15, 0.2) is 23.2 Å². The number of nitrogens with zero attached hydrogens (tertiary/aromatic N) is 2. The quantitative estimate of drug-likeness (QED) is 0.266. The first kappa shape index (κ1) is 24.3. The fourth-order valence-electron chi connectivity index (χ4n) is 3.62. The maximum atomic E-state index is 15.1. The monoisotopic (exact) mass is 492 g/mol. The number of fused-ring (bicyclic) bond motifs is 1. The molecule has 0 aliphatic carbocycles. The van der Waals surface area contributed by atoms with E-state index >= 15 is 4.39 Å². The molecule has 1 heterocycles. The van der Waals surface area contributed by atoms with Crippen molar-refractivity contribution in [3.63, 3.8) is 0 Å². The number of rotatable bonds is 7. The van der Waals surface area contributed by atoms with Gasteiger partial charge in [-0.3, -0.25) is 0 Å². The third-order valence-electron chi connectivity index (χ3n) is 5.19. The molecule has 0 spiro atoms. The molecule has 0 atom stereocenters. The van der Waals surface area contributed by atoms with E-state index in [2.05, 4.69) is 14.7 Å². The average molecular weight is 492 g/mol. The molecule has 4 nitrogen and oxygen atoms in total. The molecule has 10 heteroatoms. The van der Waals surface area contributed by atoms with Crippen molar-refractivity contribution < 1.29 is 35.8 Å². The number of halogens is 6. The maximum Gasteiger partial charge on any atom is 0.573 e. The molecule has 4 aromatic rings. The Bertz CT molecular complexity index is 1330. The van der Waals surface area contributed by atoms with Gasteiger partial charge in [-0.2, -0.15) is 0 Å². The molecule has 3 aromatic carbocycles. The van der Waals surface area contributed by atoms with Gasteiger partial charge < -0.3 is 9.47 Å². The highest BCUT2D eigenvalue weighted by molar-refractivity contribution is 5.87. The minimum absolute atomic E-state index is 0.000662. The van der Waals surface area contributed by atoms with Crippen LogP contribution in [0.25, 0.3) is 22.2 Å². The lowest BCUT2D eigenvalue weighted by atomic mass is 9.98. The Morgan fingerprint density at radius 3 is 2.17 bits per heavy atom. The number of aromatic nitrogens is 2. The highest BCUT2D eigenvalue weighted by Gasteiger charge is 2.34. The summed E-state index contributed by atoms with van der Waals surface area (Å²) in [5.74, 6) is -4.01. The van der Waals surface area contributed by atoms with E-state index in [1.54, 1.807) is 42.7 Å². The molecule has 4 rings (SSSR count). The van der Waals surface area contributed by atoms with Crippen molar-refractivity contribution in [3.8, 4) is 22.9 Å². The van der Waals surface area contributed by atoms with Gasteiger partial charge in [-0.1, -0.05) is 24.3 Å². The second-order valence-electron chi connectivity index (χ2n) is 7.59. The van der Waals surface area contributed by atoms with Crippen molar-refractivity contribution in [1.82, 2.24) is 9.97 Å². The molecule has 182 valence electrons. The molecule has 0 aliphatic heterocycles. The Hall–Kier alpha value is -3.82. The number of alkyl halides is 3. The van der Waals surface area contributed by atoms with Crippen LogP contribution in [0.5, 0.6) is 11.5 Å². The summed E-state index contributed by atoms with van der Waals surface area (Å²) >= 11 is 0. The van der Waals surface area contributed by atoms with Gasteiger partial charge in [-0.25, -0.2) is 23.1 Å². The van der Waals surface area contributed by atoms with Crippen molar-refractivity contribution >= 4 is 10.8 Å². The molecule has 1 aromatic heterocycles. The third-order valence-corrected chi connectivity index (χ3v) is 5.19. The molecule has 0 saturated carbocycles. The van der Waals surface area contributed by atoms with E-state index in [1.807, 2.05) is 6.92 Å². The van der Waals surface area contributed by atoms with Crippen molar-refractivity contribution in [1.29, 1.82) is 0 Å². The zero-order chi connectivity index (χ0) is 25.2. The summed E-state index contributed by atoms with van der Waals surface area (Å²) in [5.41, 5.74) is 1.04. The number of benzene rings is 3. The largest absolute Gasteiger partial charge is 0.573 e. The number of aryl methyl sites for hydroxylation is 2. The van der Waals surface area contributed by atoms with Crippen molar-refractivity contribution in [3.05, 3.63) is 83.4 Å². The smallest absolute Gasteiger partial charge is 0.491 e. The fourth-order valence-corrected chi connectivity index (χ4v) is 3.62. The summed E-state index contributed by atoms with van der Waals surface area (Å²) < 4.78 is 88.6. The summed E-state index contributed by atoms with van der Waals surface area (Å²) in [5, 5.41) is 0.940. The topological polar surface area (TPSA) is 44.2 Å². The molecular weight excluding hydrogens is 474 g/mol. The second-order valence-corrected chi connectivity index (χ2v) is 7.59. The maximum absolute atomic E-state index is 15.1. The molecule has 0 unspecified atom stereocenters. The number of ether oxygens (including phenoxy) is 2. The van der Waals surface area contributed by atoms with Crippen LogP contribution in [0.4, 0.5) is 26.3 Å². The Morgan fingerprint density at radius 2 is 1.54 bits per heavy atom. The lowest BCUT2D eigenvalue weighted by Crippen LogP contribution is -2.19. The lowest BCUT2D eigenvalue weighted by Gasteiger charge is -2.12. The van der Waals surface area contributed by atoms with Crippen LogP contribution in [0.1, 0.15) is 18.1 Å². The highest BCUT2D eigenvalue weighted by atomic mass is 19.4. The van der Waals surface area contributed by atoms with Gasteiger partial charge in [0.2, 0.25) is 5.75 Å². The fraction of sp³-hybridized carbons (Fsp3) is 0.200. The molecule has 0 amide bonds. The normalized spacial score (nSPS) is 11.6. The summed E-state index contributed by atoms with van der Waals surface area (Å²) in [6, 6.07) is 9.74.